The molecule has 5 N–H and O–H groups in total. The molecule has 8 nitrogen and oxygen atoms in total. The quantitative estimate of drug-likeness (QED) is 0.273. The zero-order chi connectivity index (χ0) is 19.7. The van der Waals surface area contributed by atoms with Gasteiger partial charge in [0.25, 0.3) is 0 Å². The SMILES string of the molecule is C=CCN=C(N)N[C@H]1CC(C(=O)O)=C[C@@H](OC(CC)CC)[C@@H]1NC(C)=O. The van der Waals surface area contributed by atoms with Crippen molar-refractivity contribution in [2.75, 3.05) is 6.54 Å². The molecule has 0 fully saturated rings. The Morgan fingerprint density at radius 1 is 1.46 bits per heavy atom. The minimum Gasteiger partial charge on any atom is -0.478 e. The molecule has 0 bridgehead atoms. The van der Waals surface area contributed by atoms with Crippen LogP contribution in [0.15, 0.2) is 29.3 Å². The number of nitrogens with two attached hydrogens (primary N) is 1. The van der Waals surface area contributed by atoms with Crippen molar-refractivity contribution < 1.29 is 19.4 Å². The number of nitrogens with one attached hydrogen (secondary N) is 2. The molecular weight excluding hydrogens is 336 g/mol. The molecule has 26 heavy (non-hydrogen) atoms. The third-order valence-electron chi connectivity index (χ3n) is 4.22. The average molecular weight is 366 g/mol. The Balaban J connectivity index is 3.15. The molecule has 0 aromatic carbocycles. The van der Waals surface area contributed by atoms with Gasteiger partial charge >= 0.3 is 5.97 Å². The Hall–Kier alpha value is -2.35. The lowest BCUT2D eigenvalue weighted by atomic mass is 9.87. The molecule has 3 atom stereocenters. The molecule has 0 saturated carbocycles. The number of carboxylic acids is 1. The number of amides is 1. The van der Waals surface area contributed by atoms with Gasteiger partial charge < -0.3 is 26.2 Å². The van der Waals surface area contributed by atoms with Crippen LogP contribution in [-0.4, -0.2) is 53.8 Å². The van der Waals surface area contributed by atoms with E-state index in [0.717, 1.165) is 12.8 Å². The summed E-state index contributed by atoms with van der Waals surface area (Å²) in [4.78, 5) is 27.3. The predicted octanol–water partition coefficient (Wildman–Crippen LogP) is 0.939. The zero-order valence-electron chi connectivity index (χ0n) is 15.7. The smallest absolute Gasteiger partial charge is 0.331 e. The summed E-state index contributed by atoms with van der Waals surface area (Å²) in [5.41, 5.74) is 6.09. The van der Waals surface area contributed by atoms with Crippen molar-refractivity contribution in [3.63, 3.8) is 0 Å². The number of aliphatic carboxylic acids is 1. The summed E-state index contributed by atoms with van der Waals surface area (Å²) in [6.07, 6.45) is 4.33. The van der Waals surface area contributed by atoms with Crippen LogP contribution in [0.25, 0.3) is 0 Å². The molecule has 0 unspecified atom stereocenters. The highest BCUT2D eigenvalue weighted by atomic mass is 16.5. The molecule has 1 amide bonds. The first kappa shape index (κ1) is 21.7. The number of rotatable bonds is 9. The molecule has 8 heteroatoms. The Kier molecular flexibility index (Phi) is 8.84. The molecule has 1 aliphatic carbocycles. The number of carbonyl (C=O) groups excluding carboxylic acids is 1. The maximum absolute atomic E-state index is 11.7. The summed E-state index contributed by atoms with van der Waals surface area (Å²) in [5, 5.41) is 15.3. The van der Waals surface area contributed by atoms with Crippen LogP contribution >= 0.6 is 0 Å². The van der Waals surface area contributed by atoms with Gasteiger partial charge in [-0.25, -0.2) is 9.79 Å². The van der Waals surface area contributed by atoms with Gasteiger partial charge in [-0.3, -0.25) is 4.79 Å². The Bertz CT molecular complexity index is 570. The number of aliphatic imine (C=N–C) groups is 1. The highest BCUT2D eigenvalue weighted by Gasteiger charge is 2.37. The summed E-state index contributed by atoms with van der Waals surface area (Å²) >= 11 is 0. The van der Waals surface area contributed by atoms with E-state index in [4.69, 9.17) is 10.5 Å². The molecule has 0 radical (unpaired) electrons. The van der Waals surface area contributed by atoms with Gasteiger partial charge in [0.1, 0.15) is 0 Å². The molecule has 1 rings (SSSR count). The van der Waals surface area contributed by atoms with Crippen molar-refractivity contribution in [2.45, 2.75) is 64.3 Å². The second-order valence-corrected chi connectivity index (χ2v) is 6.23. The van der Waals surface area contributed by atoms with Crippen LogP contribution in [0, 0.1) is 0 Å². The fraction of sp³-hybridized carbons (Fsp3) is 0.611. The van der Waals surface area contributed by atoms with Crippen molar-refractivity contribution in [3.05, 3.63) is 24.3 Å². The molecule has 0 aliphatic heterocycles. The number of hydrogen-bond donors (Lipinski definition) is 4. The first-order valence-corrected chi connectivity index (χ1v) is 8.86. The fourth-order valence-electron chi connectivity index (χ4n) is 2.91. The van der Waals surface area contributed by atoms with Crippen LogP contribution in [-0.2, 0) is 14.3 Å². The van der Waals surface area contributed by atoms with Gasteiger partial charge in [0, 0.05) is 18.9 Å². The molecule has 0 aromatic rings. The van der Waals surface area contributed by atoms with E-state index in [0.29, 0.717) is 6.54 Å². The van der Waals surface area contributed by atoms with E-state index in [1.54, 1.807) is 12.2 Å². The van der Waals surface area contributed by atoms with Crippen LogP contribution in [0.2, 0.25) is 0 Å². The van der Waals surface area contributed by atoms with E-state index in [1.165, 1.54) is 6.92 Å². The normalized spacial score (nSPS) is 23.3. The number of ether oxygens (including phenoxy) is 1. The number of hydrogen-bond acceptors (Lipinski definition) is 4. The Morgan fingerprint density at radius 3 is 2.62 bits per heavy atom. The molecule has 1 aliphatic rings. The summed E-state index contributed by atoms with van der Waals surface area (Å²) in [6, 6.07) is -0.920. The Labute approximate surface area is 154 Å². The topological polar surface area (TPSA) is 126 Å². The second-order valence-electron chi connectivity index (χ2n) is 6.23. The van der Waals surface area contributed by atoms with Crippen LogP contribution in [0.4, 0.5) is 0 Å². The largest absolute Gasteiger partial charge is 0.478 e. The summed E-state index contributed by atoms with van der Waals surface area (Å²) in [5.74, 6) is -1.08. The lowest BCUT2D eigenvalue weighted by Gasteiger charge is -2.38. The maximum Gasteiger partial charge on any atom is 0.331 e. The monoisotopic (exact) mass is 366 g/mol. The van der Waals surface area contributed by atoms with Crippen LogP contribution in [0.3, 0.4) is 0 Å². The average Bonchev–Trinajstić information content (AvgIpc) is 2.59. The van der Waals surface area contributed by atoms with Gasteiger partial charge in [-0.2, -0.15) is 0 Å². The molecule has 0 spiro atoms. The molecular formula is C18H30N4O4. The van der Waals surface area contributed by atoms with Gasteiger partial charge in [0.05, 0.1) is 30.8 Å². The van der Waals surface area contributed by atoms with Crippen molar-refractivity contribution in [1.82, 2.24) is 10.6 Å². The van der Waals surface area contributed by atoms with Crippen LogP contribution in [0.5, 0.6) is 0 Å². The molecule has 0 heterocycles. The van der Waals surface area contributed by atoms with E-state index >= 15 is 0 Å². The van der Waals surface area contributed by atoms with Gasteiger partial charge in [-0.1, -0.05) is 19.9 Å². The Morgan fingerprint density at radius 2 is 2.12 bits per heavy atom. The van der Waals surface area contributed by atoms with E-state index < -0.39 is 24.2 Å². The van der Waals surface area contributed by atoms with Crippen LogP contribution in [0.1, 0.15) is 40.0 Å². The minimum absolute atomic E-state index is 0.0342. The van der Waals surface area contributed by atoms with E-state index in [1.807, 2.05) is 13.8 Å². The van der Waals surface area contributed by atoms with Gasteiger partial charge in [0.15, 0.2) is 5.96 Å². The zero-order valence-corrected chi connectivity index (χ0v) is 15.7. The number of carboxylic acid groups (broad SMARTS) is 1. The first-order valence-electron chi connectivity index (χ1n) is 8.86. The third kappa shape index (κ3) is 6.51. The van der Waals surface area contributed by atoms with Crippen molar-refractivity contribution in [2.24, 2.45) is 10.7 Å². The van der Waals surface area contributed by atoms with Gasteiger partial charge in [0.2, 0.25) is 5.91 Å². The fourth-order valence-corrected chi connectivity index (χ4v) is 2.91. The lowest BCUT2D eigenvalue weighted by Crippen LogP contribution is -2.60. The van der Waals surface area contributed by atoms with E-state index in [9.17, 15) is 14.7 Å². The summed E-state index contributed by atoms with van der Waals surface area (Å²) < 4.78 is 6.09. The first-order chi connectivity index (χ1) is 12.3. The standard InChI is InChI=1S/C18H30N4O4/c1-5-8-20-18(19)22-14-9-12(17(24)25)10-15(16(14)21-11(4)23)26-13(6-2)7-3/h5,10,13-16H,1,6-9H2,2-4H3,(H,21,23)(H,24,25)(H3,19,20,22)/t14-,15+,16+/m0/s1. The number of carbonyl (C=O) groups is 2. The van der Waals surface area contributed by atoms with Crippen molar-refractivity contribution >= 4 is 17.8 Å². The predicted molar refractivity (Wildman–Crippen MR) is 101 cm³/mol. The van der Waals surface area contributed by atoms with E-state index in [2.05, 4.69) is 22.2 Å². The van der Waals surface area contributed by atoms with Crippen LogP contribution < -0.4 is 16.4 Å². The van der Waals surface area contributed by atoms with E-state index in [-0.39, 0.29) is 30.0 Å². The maximum atomic E-state index is 11.7. The second kappa shape index (κ2) is 10.6. The highest BCUT2D eigenvalue weighted by Crippen LogP contribution is 2.24. The minimum atomic E-state index is -1.02. The highest BCUT2D eigenvalue weighted by molar-refractivity contribution is 5.87. The van der Waals surface area contributed by atoms with Crippen molar-refractivity contribution in [1.29, 1.82) is 0 Å². The summed E-state index contributed by atoms with van der Waals surface area (Å²) in [6.45, 7) is 9.33. The molecule has 0 saturated heterocycles. The third-order valence-corrected chi connectivity index (χ3v) is 4.22. The van der Waals surface area contributed by atoms with Gasteiger partial charge in [-0.15, -0.1) is 6.58 Å². The number of guanidine groups is 1. The molecule has 0 aromatic heterocycles. The lowest BCUT2D eigenvalue weighted by molar-refractivity contribution is -0.133. The number of nitrogens with zero attached hydrogens (tertiary/aromatic N) is 1. The van der Waals surface area contributed by atoms with Crippen molar-refractivity contribution in [3.8, 4) is 0 Å². The molecule has 146 valence electrons. The summed E-state index contributed by atoms with van der Waals surface area (Å²) in [7, 11) is 0. The van der Waals surface area contributed by atoms with Gasteiger partial charge in [-0.05, 0) is 18.9 Å².